The Kier molecular flexibility index (Phi) is 11.8. The molecule has 0 aliphatic carbocycles. The number of carboxylic acids is 1. The van der Waals surface area contributed by atoms with Gasteiger partial charge in [0.05, 0.1) is 0 Å². The first-order chi connectivity index (χ1) is 10.3. The molecule has 0 radical (unpaired) electrons. The molecule has 0 saturated carbocycles. The molecule has 0 spiro atoms. The van der Waals surface area contributed by atoms with E-state index in [0.717, 1.165) is 38.6 Å². The number of nitrogens with zero attached hydrogens (tertiary/aromatic N) is 1. The molecule has 2 N–H and O–H groups in total. The summed E-state index contributed by atoms with van der Waals surface area (Å²) in [7, 11) is 0. The average Bonchev–Trinajstić information content (AvgIpc) is 2.41. The largest absolute Gasteiger partial charge is 0.481 e. The van der Waals surface area contributed by atoms with Crippen LogP contribution in [0.15, 0.2) is 0 Å². The van der Waals surface area contributed by atoms with Crippen molar-refractivity contribution < 1.29 is 14.7 Å². The first-order valence-electron chi connectivity index (χ1n) is 8.58. The Hall–Kier alpha value is -1.10. The fourth-order valence-corrected chi connectivity index (χ4v) is 2.62. The lowest BCUT2D eigenvalue weighted by Gasteiger charge is -2.30. The summed E-state index contributed by atoms with van der Waals surface area (Å²) in [4.78, 5) is 24.5. The van der Waals surface area contributed by atoms with Gasteiger partial charge in [0.1, 0.15) is 0 Å². The number of hydrogen-bond acceptors (Lipinski definition) is 3. The molecule has 0 aromatic rings. The summed E-state index contributed by atoms with van der Waals surface area (Å²) < 4.78 is 0. The Bertz CT molecular complexity index is 309. The minimum atomic E-state index is -0.726. The zero-order valence-electron chi connectivity index (χ0n) is 14.7. The Balaban J connectivity index is 3.56. The van der Waals surface area contributed by atoms with Crippen LogP contribution in [-0.2, 0) is 9.59 Å². The minimum Gasteiger partial charge on any atom is -0.481 e. The number of carbonyl (C=O) groups is 2. The van der Waals surface area contributed by atoms with Crippen molar-refractivity contribution in [3.05, 3.63) is 0 Å². The third kappa shape index (κ3) is 11.5. The number of carbonyl (C=O) groups excluding carboxylic acids is 1. The highest BCUT2D eigenvalue weighted by Gasteiger charge is 2.12. The normalized spacial score (nSPS) is 11.4. The van der Waals surface area contributed by atoms with Crippen LogP contribution < -0.4 is 5.32 Å². The lowest BCUT2D eigenvalue weighted by molar-refractivity contribution is -0.137. The second-order valence-electron chi connectivity index (χ2n) is 6.44. The molecule has 0 rings (SSSR count). The molecule has 0 bridgehead atoms. The van der Waals surface area contributed by atoms with Gasteiger partial charge in [0.2, 0.25) is 5.91 Å². The summed E-state index contributed by atoms with van der Waals surface area (Å²) >= 11 is 0. The molecule has 0 unspecified atom stereocenters. The predicted octanol–water partition coefficient (Wildman–Crippen LogP) is 3.04. The van der Waals surface area contributed by atoms with E-state index in [1.165, 1.54) is 0 Å². The number of carboxylic acid groups (broad SMARTS) is 1. The monoisotopic (exact) mass is 314 g/mol. The average molecular weight is 314 g/mol. The van der Waals surface area contributed by atoms with Gasteiger partial charge in [-0.1, -0.05) is 19.3 Å². The van der Waals surface area contributed by atoms with Crippen molar-refractivity contribution >= 4 is 11.9 Å². The van der Waals surface area contributed by atoms with Crippen LogP contribution in [0.3, 0.4) is 0 Å². The van der Waals surface area contributed by atoms with Gasteiger partial charge in [-0.05, 0) is 40.5 Å². The van der Waals surface area contributed by atoms with Gasteiger partial charge < -0.3 is 10.4 Å². The summed E-state index contributed by atoms with van der Waals surface area (Å²) in [5, 5.41) is 11.5. The maximum atomic E-state index is 11.7. The van der Waals surface area contributed by atoms with E-state index in [2.05, 4.69) is 37.9 Å². The lowest BCUT2D eigenvalue weighted by atomic mass is 10.1. The summed E-state index contributed by atoms with van der Waals surface area (Å²) in [6.45, 7) is 10.3. The van der Waals surface area contributed by atoms with Gasteiger partial charge in [-0.25, -0.2) is 0 Å². The zero-order chi connectivity index (χ0) is 17.0. The third-order valence-electron chi connectivity index (χ3n) is 3.81. The molecular weight excluding hydrogens is 280 g/mol. The first-order valence-corrected chi connectivity index (χ1v) is 8.58. The molecular formula is C17H34N2O3. The quantitative estimate of drug-likeness (QED) is 0.513. The van der Waals surface area contributed by atoms with Crippen molar-refractivity contribution in [2.75, 3.05) is 13.1 Å². The first kappa shape index (κ1) is 20.9. The second-order valence-corrected chi connectivity index (χ2v) is 6.44. The van der Waals surface area contributed by atoms with E-state index in [9.17, 15) is 9.59 Å². The van der Waals surface area contributed by atoms with E-state index in [1.807, 2.05) is 0 Å². The minimum absolute atomic E-state index is 0.123. The molecule has 0 aliphatic heterocycles. The van der Waals surface area contributed by atoms with Crippen LogP contribution in [0.25, 0.3) is 0 Å². The van der Waals surface area contributed by atoms with Crippen molar-refractivity contribution in [2.45, 2.75) is 84.7 Å². The number of hydrogen-bond donors (Lipinski definition) is 2. The van der Waals surface area contributed by atoms with Crippen LogP contribution in [0, 0.1) is 0 Å². The Morgan fingerprint density at radius 1 is 0.909 bits per heavy atom. The smallest absolute Gasteiger partial charge is 0.303 e. The molecule has 0 aromatic carbocycles. The lowest BCUT2D eigenvalue weighted by Crippen LogP contribution is -2.42. The van der Waals surface area contributed by atoms with Crippen LogP contribution in [0.2, 0.25) is 0 Å². The maximum absolute atomic E-state index is 11.7. The summed E-state index contributed by atoms with van der Waals surface area (Å²) in [6, 6.07) is 0.977. The van der Waals surface area contributed by atoms with Crippen LogP contribution in [-0.4, -0.2) is 47.1 Å². The Morgan fingerprint density at radius 2 is 1.41 bits per heavy atom. The van der Waals surface area contributed by atoms with Gasteiger partial charge in [-0.3, -0.25) is 14.5 Å². The number of rotatable bonds is 13. The molecule has 0 atom stereocenters. The molecule has 0 fully saturated rings. The van der Waals surface area contributed by atoms with Gasteiger partial charge in [0.25, 0.3) is 0 Å². The van der Waals surface area contributed by atoms with E-state index in [1.54, 1.807) is 0 Å². The third-order valence-corrected chi connectivity index (χ3v) is 3.81. The van der Waals surface area contributed by atoms with Gasteiger partial charge in [0, 0.05) is 38.0 Å². The Morgan fingerprint density at radius 3 is 1.91 bits per heavy atom. The fraction of sp³-hybridized carbons (Fsp3) is 0.882. The number of unbranched alkanes of at least 4 members (excludes halogenated alkanes) is 4. The van der Waals surface area contributed by atoms with E-state index < -0.39 is 5.97 Å². The van der Waals surface area contributed by atoms with Gasteiger partial charge in [-0.2, -0.15) is 0 Å². The SMILES string of the molecule is CC(C)N(CCNC(=O)CCCCCCCC(=O)O)C(C)C. The number of nitrogens with one attached hydrogen (secondary N) is 1. The van der Waals surface area contributed by atoms with Crippen molar-refractivity contribution in [2.24, 2.45) is 0 Å². The number of amides is 1. The Labute approximate surface area is 135 Å². The molecule has 5 nitrogen and oxygen atoms in total. The summed E-state index contributed by atoms with van der Waals surface area (Å²) in [5.41, 5.74) is 0. The standard InChI is InChI=1S/C17H34N2O3/c1-14(2)19(15(3)4)13-12-18-16(20)10-8-6-5-7-9-11-17(21)22/h14-15H,5-13H2,1-4H3,(H,18,20)(H,21,22). The van der Waals surface area contributed by atoms with Gasteiger partial charge in [-0.15, -0.1) is 0 Å². The van der Waals surface area contributed by atoms with E-state index in [-0.39, 0.29) is 12.3 Å². The molecule has 1 amide bonds. The highest BCUT2D eigenvalue weighted by atomic mass is 16.4. The molecule has 0 aliphatic rings. The molecule has 22 heavy (non-hydrogen) atoms. The number of aliphatic carboxylic acids is 1. The highest BCUT2D eigenvalue weighted by Crippen LogP contribution is 2.07. The second kappa shape index (κ2) is 12.4. The molecule has 5 heteroatoms. The summed E-state index contributed by atoms with van der Waals surface area (Å²) in [5.74, 6) is -0.603. The van der Waals surface area contributed by atoms with Crippen LogP contribution >= 0.6 is 0 Å². The molecule has 0 heterocycles. The van der Waals surface area contributed by atoms with Gasteiger partial charge in [0.15, 0.2) is 0 Å². The highest BCUT2D eigenvalue weighted by molar-refractivity contribution is 5.75. The van der Waals surface area contributed by atoms with Crippen LogP contribution in [0.4, 0.5) is 0 Å². The fourth-order valence-electron chi connectivity index (χ4n) is 2.62. The summed E-state index contributed by atoms with van der Waals surface area (Å²) in [6.07, 6.45) is 5.39. The molecule has 130 valence electrons. The predicted molar refractivity (Wildman–Crippen MR) is 89.9 cm³/mol. The van der Waals surface area contributed by atoms with E-state index in [0.29, 0.717) is 25.0 Å². The van der Waals surface area contributed by atoms with Crippen molar-refractivity contribution in [1.82, 2.24) is 10.2 Å². The van der Waals surface area contributed by atoms with E-state index in [4.69, 9.17) is 5.11 Å². The van der Waals surface area contributed by atoms with Crippen LogP contribution in [0.5, 0.6) is 0 Å². The van der Waals surface area contributed by atoms with Crippen molar-refractivity contribution in [3.8, 4) is 0 Å². The van der Waals surface area contributed by atoms with Crippen molar-refractivity contribution in [1.29, 1.82) is 0 Å². The molecule has 0 saturated heterocycles. The maximum Gasteiger partial charge on any atom is 0.303 e. The van der Waals surface area contributed by atoms with Crippen LogP contribution in [0.1, 0.15) is 72.6 Å². The molecule has 0 aromatic heterocycles. The van der Waals surface area contributed by atoms with E-state index >= 15 is 0 Å². The zero-order valence-corrected chi connectivity index (χ0v) is 14.7. The van der Waals surface area contributed by atoms with Gasteiger partial charge >= 0.3 is 5.97 Å². The topological polar surface area (TPSA) is 69.6 Å². The van der Waals surface area contributed by atoms with Crippen molar-refractivity contribution in [3.63, 3.8) is 0 Å².